The van der Waals surface area contributed by atoms with Crippen LogP contribution in [0.4, 0.5) is 0 Å². The number of rotatable bonds is 3. The van der Waals surface area contributed by atoms with Crippen molar-refractivity contribution < 1.29 is 9.59 Å². The fourth-order valence-electron chi connectivity index (χ4n) is 2.74. The van der Waals surface area contributed by atoms with Crippen LogP contribution in [0.2, 0.25) is 0 Å². The van der Waals surface area contributed by atoms with Gasteiger partial charge < -0.3 is 16.0 Å². The standard InChI is InChI=1S/C12H22N4O2/c13-4-5-14-11(17)12(18)16-8-3-10(9-16)15-6-1-2-7-15/h10H,1-9,13H2,(H,14,17). The molecule has 2 heterocycles. The van der Waals surface area contributed by atoms with Crippen molar-refractivity contribution in [3.63, 3.8) is 0 Å². The minimum atomic E-state index is -0.525. The van der Waals surface area contributed by atoms with Gasteiger partial charge in [-0.1, -0.05) is 0 Å². The molecule has 2 rings (SSSR count). The van der Waals surface area contributed by atoms with Gasteiger partial charge in [-0.2, -0.15) is 0 Å². The monoisotopic (exact) mass is 254 g/mol. The Morgan fingerprint density at radius 3 is 2.61 bits per heavy atom. The van der Waals surface area contributed by atoms with E-state index in [-0.39, 0.29) is 0 Å². The normalized spacial score (nSPS) is 24.5. The molecule has 0 aromatic rings. The molecule has 0 radical (unpaired) electrons. The lowest BCUT2D eigenvalue weighted by Gasteiger charge is -2.23. The van der Waals surface area contributed by atoms with Gasteiger partial charge in [0.2, 0.25) is 0 Å². The molecule has 2 fully saturated rings. The molecule has 102 valence electrons. The first kappa shape index (κ1) is 13.3. The van der Waals surface area contributed by atoms with Crippen LogP contribution in [-0.4, -0.2) is 66.9 Å². The molecule has 0 aromatic carbocycles. The second-order valence-corrected chi connectivity index (χ2v) is 4.98. The van der Waals surface area contributed by atoms with Gasteiger partial charge in [-0.3, -0.25) is 14.5 Å². The summed E-state index contributed by atoms with van der Waals surface area (Å²) >= 11 is 0. The zero-order chi connectivity index (χ0) is 13.0. The third-order valence-corrected chi connectivity index (χ3v) is 3.73. The predicted molar refractivity (Wildman–Crippen MR) is 67.9 cm³/mol. The summed E-state index contributed by atoms with van der Waals surface area (Å²) in [6.07, 6.45) is 3.48. The molecule has 1 atom stereocenters. The fraction of sp³-hybridized carbons (Fsp3) is 0.833. The highest BCUT2D eigenvalue weighted by Gasteiger charge is 2.33. The first-order chi connectivity index (χ1) is 8.72. The number of nitrogens with two attached hydrogens (primary N) is 1. The van der Waals surface area contributed by atoms with Gasteiger partial charge >= 0.3 is 11.8 Å². The van der Waals surface area contributed by atoms with E-state index >= 15 is 0 Å². The SMILES string of the molecule is NCCNC(=O)C(=O)N1CCC(N2CCCC2)C1. The largest absolute Gasteiger partial charge is 0.347 e. The molecule has 0 spiro atoms. The minimum absolute atomic E-state index is 0.355. The van der Waals surface area contributed by atoms with Crippen LogP contribution in [0.25, 0.3) is 0 Å². The van der Waals surface area contributed by atoms with E-state index in [4.69, 9.17) is 5.73 Å². The van der Waals surface area contributed by atoms with Crippen molar-refractivity contribution in [3.05, 3.63) is 0 Å². The molecular formula is C12H22N4O2. The summed E-state index contributed by atoms with van der Waals surface area (Å²) in [6.45, 7) is 4.35. The van der Waals surface area contributed by atoms with Crippen LogP contribution in [0.15, 0.2) is 0 Å². The van der Waals surface area contributed by atoms with Crippen molar-refractivity contribution in [1.29, 1.82) is 0 Å². The Hall–Kier alpha value is -1.14. The van der Waals surface area contributed by atoms with Gasteiger partial charge in [-0.15, -0.1) is 0 Å². The smallest absolute Gasteiger partial charge is 0.311 e. The summed E-state index contributed by atoms with van der Waals surface area (Å²) in [5.41, 5.74) is 5.29. The van der Waals surface area contributed by atoms with Gasteiger partial charge in [-0.05, 0) is 32.4 Å². The van der Waals surface area contributed by atoms with Gasteiger partial charge in [0.25, 0.3) is 0 Å². The molecule has 2 amide bonds. The average Bonchev–Trinajstić information content (AvgIpc) is 3.04. The maximum Gasteiger partial charge on any atom is 0.311 e. The highest BCUT2D eigenvalue weighted by atomic mass is 16.2. The van der Waals surface area contributed by atoms with Crippen LogP contribution in [0, 0.1) is 0 Å². The van der Waals surface area contributed by atoms with Crippen LogP contribution < -0.4 is 11.1 Å². The molecule has 0 bridgehead atoms. The van der Waals surface area contributed by atoms with E-state index in [1.807, 2.05) is 0 Å². The second-order valence-electron chi connectivity index (χ2n) is 4.98. The second kappa shape index (κ2) is 6.15. The lowest BCUT2D eigenvalue weighted by molar-refractivity contribution is -0.145. The van der Waals surface area contributed by atoms with E-state index in [0.717, 1.165) is 19.5 Å². The van der Waals surface area contributed by atoms with E-state index in [1.165, 1.54) is 12.8 Å². The van der Waals surface area contributed by atoms with Gasteiger partial charge in [-0.25, -0.2) is 0 Å². The molecule has 2 aliphatic rings. The van der Waals surface area contributed by atoms with Gasteiger partial charge in [0.1, 0.15) is 0 Å². The van der Waals surface area contributed by atoms with Crippen molar-refractivity contribution in [2.45, 2.75) is 25.3 Å². The number of hydrogen-bond acceptors (Lipinski definition) is 4. The topological polar surface area (TPSA) is 78.7 Å². The number of amides is 2. The highest BCUT2D eigenvalue weighted by Crippen LogP contribution is 2.20. The lowest BCUT2D eigenvalue weighted by atomic mass is 10.2. The number of nitrogens with one attached hydrogen (secondary N) is 1. The molecule has 6 nitrogen and oxygen atoms in total. The molecule has 0 saturated carbocycles. The Balaban J connectivity index is 1.80. The van der Waals surface area contributed by atoms with Crippen LogP contribution in [0.1, 0.15) is 19.3 Å². The van der Waals surface area contributed by atoms with Crippen LogP contribution in [0.5, 0.6) is 0 Å². The molecule has 0 aliphatic carbocycles. The zero-order valence-electron chi connectivity index (χ0n) is 10.7. The molecule has 2 saturated heterocycles. The molecule has 1 unspecified atom stereocenters. The Labute approximate surface area is 107 Å². The maximum absolute atomic E-state index is 11.9. The first-order valence-electron chi connectivity index (χ1n) is 6.73. The fourth-order valence-corrected chi connectivity index (χ4v) is 2.74. The average molecular weight is 254 g/mol. The van der Waals surface area contributed by atoms with Crippen LogP contribution >= 0.6 is 0 Å². The number of hydrogen-bond donors (Lipinski definition) is 2. The number of likely N-dealkylation sites (tertiary alicyclic amines) is 2. The van der Waals surface area contributed by atoms with Crippen LogP contribution in [-0.2, 0) is 9.59 Å². The first-order valence-corrected chi connectivity index (χ1v) is 6.73. The van der Waals surface area contributed by atoms with Gasteiger partial charge in [0.05, 0.1) is 0 Å². The Bertz CT molecular complexity index is 315. The quantitative estimate of drug-likeness (QED) is 0.617. The summed E-state index contributed by atoms with van der Waals surface area (Å²) < 4.78 is 0. The van der Waals surface area contributed by atoms with Crippen LogP contribution in [0.3, 0.4) is 0 Å². The number of carbonyl (C=O) groups is 2. The van der Waals surface area contributed by atoms with E-state index < -0.39 is 11.8 Å². The molecule has 0 aromatic heterocycles. The summed E-state index contributed by atoms with van der Waals surface area (Å²) in [6, 6.07) is 0.443. The molecule has 2 aliphatic heterocycles. The minimum Gasteiger partial charge on any atom is -0.347 e. The Morgan fingerprint density at radius 2 is 1.94 bits per heavy atom. The third kappa shape index (κ3) is 3.00. The summed E-state index contributed by atoms with van der Waals surface area (Å²) in [7, 11) is 0. The third-order valence-electron chi connectivity index (χ3n) is 3.73. The highest BCUT2D eigenvalue weighted by molar-refractivity contribution is 6.35. The maximum atomic E-state index is 11.9. The lowest BCUT2D eigenvalue weighted by Crippen LogP contribution is -2.44. The summed E-state index contributed by atoms with van der Waals surface area (Å²) in [5.74, 6) is -0.937. The molecule has 6 heteroatoms. The van der Waals surface area contributed by atoms with E-state index in [9.17, 15) is 9.59 Å². The van der Waals surface area contributed by atoms with E-state index in [2.05, 4.69) is 10.2 Å². The molecule has 18 heavy (non-hydrogen) atoms. The summed E-state index contributed by atoms with van der Waals surface area (Å²) in [5, 5.41) is 2.52. The Morgan fingerprint density at radius 1 is 1.22 bits per heavy atom. The van der Waals surface area contributed by atoms with Crippen molar-refractivity contribution >= 4 is 11.8 Å². The Kier molecular flexibility index (Phi) is 4.54. The molecule has 3 N–H and O–H groups in total. The van der Waals surface area contributed by atoms with E-state index in [1.54, 1.807) is 4.90 Å². The van der Waals surface area contributed by atoms with Crippen molar-refractivity contribution in [2.75, 3.05) is 39.3 Å². The van der Waals surface area contributed by atoms with Crippen molar-refractivity contribution in [3.8, 4) is 0 Å². The number of carbonyl (C=O) groups excluding carboxylic acids is 2. The van der Waals surface area contributed by atoms with Crippen molar-refractivity contribution in [1.82, 2.24) is 15.1 Å². The van der Waals surface area contributed by atoms with E-state index in [0.29, 0.717) is 32.2 Å². The zero-order valence-corrected chi connectivity index (χ0v) is 10.7. The number of nitrogens with zero attached hydrogens (tertiary/aromatic N) is 2. The van der Waals surface area contributed by atoms with Gasteiger partial charge in [0, 0.05) is 32.2 Å². The van der Waals surface area contributed by atoms with Gasteiger partial charge in [0.15, 0.2) is 0 Å². The summed E-state index contributed by atoms with van der Waals surface area (Å²) in [4.78, 5) is 27.5. The predicted octanol–water partition coefficient (Wildman–Crippen LogP) is -1.24. The molecular weight excluding hydrogens is 232 g/mol. The van der Waals surface area contributed by atoms with Crippen molar-refractivity contribution in [2.24, 2.45) is 5.73 Å².